The van der Waals surface area contributed by atoms with Crippen LogP contribution in [-0.4, -0.2) is 9.13 Å². The van der Waals surface area contributed by atoms with E-state index in [0.29, 0.717) is 0 Å². The fourth-order valence-corrected chi connectivity index (χ4v) is 9.11. The van der Waals surface area contributed by atoms with E-state index in [0.717, 1.165) is 33.3 Å². The average molecular weight is 727 g/mol. The van der Waals surface area contributed by atoms with E-state index in [1.54, 1.807) is 0 Å². The van der Waals surface area contributed by atoms with Gasteiger partial charge in [0.25, 0.3) is 0 Å². The lowest BCUT2D eigenvalue weighted by molar-refractivity contribution is 0.669. The summed E-state index contributed by atoms with van der Waals surface area (Å²) < 4.78 is 11.1. The molecule has 0 spiro atoms. The van der Waals surface area contributed by atoms with Crippen LogP contribution in [0, 0.1) is 0 Å². The predicted molar refractivity (Wildman–Crippen MR) is 239 cm³/mol. The van der Waals surface area contributed by atoms with E-state index in [2.05, 4.69) is 209 Å². The lowest BCUT2D eigenvalue weighted by Crippen LogP contribution is -1.94. The Morgan fingerprint density at radius 2 is 0.754 bits per heavy atom. The Balaban J connectivity index is 1.04. The van der Waals surface area contributed by atoms with Crippen LogP contribution in [0.4, 0.5) is 0 Å². The van der Waals surface area contributed by atoms with Gasteiger partial charge in [-0.1, -0.05) is 127 Å². The normalized spacial score (nSPS) is 11.9. The highest BCUT2D eigenvalue weighted by atomic mass is 16.3. The van der Waals surface area contributed by atoms with Gasteiger partial charge in [-0.15, -0.1) is 0 Å². The molecule has 3 nitrogen and oxygen atoms in total. The summed E-state index contributed by atoms with van der Waals surface area (Å²) in [5, 5.41) is 7.21. The van der Waals surface area contributed by atoms with Crippen molar-refractivity contribution in [3.05, 3.63) is 206 Å². The van der Waals surface area contributed by atoms with E-state index in [1.807, 2.05) is 6.07 Å². The van der Waals surface area contributed by atoms with Gasteiger partial charge in [-0.3, -0.25) is 0 Å². The zero-order chi connectivity index (χ0) is 37.5. The van der Waals surface area contributed by atoms with Gasteiger partial charge in [-0.2, -0.15) is 0 Å². The molecule has 0 saturated heterocycles. The van der Waals surface area contributed by atoms with Gasteiger partial charge in [-0.05, 0) is 112 Å². The minimum absolute atomic E-state index is 0.906. The molecule has 12 aromatic rings. The highest BCUT2D eigenvalue weighted by Crippen LogP contribution is 2.42. The molecule has 0 radical (unpaired) electrons. The first-order valence-corrected chi connectivity index (χ1v) is 19.5. The van der Waals surface area contributed by atoms with E-state index in [4.69, 9.17) is 4.42 Å². The number of furan rings is 1. The van der Waals surface area contributed by atoms with Crippen LogP contribution in [0.2, 0.25) is 0 Å². The maximum Gasteiger partial charge on any atom is 0.136 e. The first kappa shape index (κ1) is 31.7. The summed E-state index contributed by atoms with van der Waals surface area (Å²) in [5.74, 6) is 0. The molecule has 0 unspecified atom stereocenters. The molecule has 12 rings (SSSR count). The summed E-state index contributed by atoms with van der Waals surface area (Å²) in [4.78, 5) is 0. The molecule has 3 aromatic heterocycles. The second-order valence-electron chi connectivity index (χ2n) is 14.9. The van der Waals surface area contributed by atoms with Crippen LogP contribution in [0.15, 0.2) is 211 Å². The molecule has 9 aromatic carbocycles. The molecule has 0 fully saturated rings. The lowest BCUT2D eigenvalue weighted by atomic mass is 9.97. The number of aromatic nitrogens is 2. The van der Waals surface area contributed by atoms with Crippen molar-refractivity contribution in [2.24, 2.45) is 0 Å². The standard InChI is InChI=1S/C54H34N2O/c1-3-12-35(13-4-1)36-22-27-41(28-23-36)56-48-19-9-7-16-43(48)45-32-37(24-29-49(45)56)38-25-30-50-46(33-38)47-34-39(26-31-51(47)55(50)40-14-5-2-6-15-40)42-18-11-21-53-54(42)44-17-8-10-20-52(44)57-53/h1-34H. The van der Waals surface area contributed by atoms with Crippen LogP contribution >= 0.6 is 0 Å². The van der Waals surface area contributed by atoms with Gasteiger partial charge in [0.05, 0.1) is 22.1 Å². The maximum absolute atomic E-state index is 6.30. The Labute approximate surface area is 328 Å². The predicted octanol–water partition coefficient (Wildman–Crippen LogP) is 14.8. The van der Waals surface area contributed by atoms with E-state index >= 15 is 0 Å². The zero-order valence-electron chi connectivity index (χ0n) is 30.9. The van der Waals surface area contributed by atoms with E-state index in [1.165, 1.54) is 77.0 Å². The van der Waals surface area contributed by atoms with Gasteiger partial charge >= 0.3 is 0 Å². The third kappa shape index (κ3) is 4.92. The quantitative estimate of drug-likeness (QED) is 0.173. The summed E-state index contributed by atoms with van der Waals surface area (Å²) in [6.07, 6.45) is 0. The highest BCUT2D eigenvalue weighted by molar-refractivity contribution is 6.16. The second-order valence-corrected chi connectivity index (χ2v) is 14.9. The number of para-hydroxylation sites is 3. The minimum atomic E-state index is 0.906. The number of benzene rings is 9. The smallest absolute Gasteiger partial charge is 0.136 e. The summed E-state index contributed by atoms with van der Waals surface area (Å²) in [7, 11) is 0. The van der Waals surface area contributed by atoms with Gasteiger partial charge in [-0.25, -0.2) is 0 Å². The third-order valence-electron chi connectivity index (χ3n) is 11.7. The van der Waals surface area contributed by atoms with Crippen molar-refractivity contribution in [3.63, 3.8) is 0 Å². The van der Waals surface area contributed by atoms with Crippen LogP contribution in [0.3, 0.4) is 0 Å². The van der Waals surface area contributed by atoms with Crippen molar-refractivity contribution >= 4 is 65.6 Å². The van der Waals surface area contributed by atoms with Gasteiger partial charge in [0.15, 0.2) is 0 Å². The molecule has 0 saturated carbocycles. The zero-order valence-corrected chi connectivity index (χ0v) is 30.9. The van der Waals surface area contributed by atoms with Gasteiger partial charge in [0.2, 0.25) is 0 Å². The number of fused-ring (bicyclic) bond motifs is 9. The summed E-state index contributed by atoms with van der Waals surface area (Å²) in [6, 6.07) is 74.5. The summed E-state index contributed by atoms with van der Waals surface area (Å²) in [6.45, 7) is 0. The number of hydrogen-bond donors (Lipinski definition) is 0. The molecular weight excluding hydrogens is 693 g/mol. The fourth-order valence-electron chi connectivity index (χ4n) is 9.11. The van der Waals surface area contributed by atoms with Crippen LogP contribution < -0.4 is 0 Å². The van der Waals surface area contributed by atoms with Gasteiger partial charge < -0.3 is 13.6 Å². The summed E-state index contributed by atoms with van der Waals surface area (Å²) in [5.41, 5.74) is 16.0. The molecule has 57 heavy (non-hydrogen) atoms. The molecule has 0 N–H and O–H groups in total. The first-order chi connectivity index (χ1) is 28.3. The van der Waals surface area contributed by atoms with Crippen molar-refractivity contribution in [1.82, 2.24) is 9.13 Å². The molecule has 0 atom stereocenters. The monoisotopic (exact) mass is 726 g/mol. The first-order valence-electron chi connectivity index (χ1n) is 19.5. The Kier molecular flexibility index (Phi) is 6.93. The van der Waals surface area contributed by atoms with E-state index < -0.39 is 0 Å². The third-order valence-corrected chi connectivity index (χ3v) is 11.7. The minimum Gasteiger partial charge on any atom is -0.456 e. The van der Waals surface area contributed by atoms with Crippen LogP contribution in [0.5, 0.6) is 0 Å². The topological polar surface area (TPSA) is 23.0 Å². The number of nitrogens with zero attached hydrogens (tertiary/aromatic N) is 2. The SMILES string of the molecule is c1ccc(-c2ccc(-n3c4ccccc4c4cc(-c5ccc6c(c5)c5cc(-c7cccc8oc9ccccc9c78)ccc5n6-c5ccccc5)ccc43)cc2)cc1. The largest absolute Gasteiger partial charge is 0.456 e. The van der Waals surface area contributed by atoms with Crippen LogP contribution in [-0.2, 0) is 0 Å². The van der Waals surface area contributed by atoms with Crippen LogP contribution in [0.1, 0.15) is 0 Å². The fraction of sp³-hybridized carbons (Fsp3) is 0. The number of hydrogen-bond acceptors (Lipinski definition) is 1. The molecule has 0 bridgehead atoms. The Bertz CT molecular complexity index is 3490. The Hall–Kier alpha value is -7.62. The molecule has 0 aliphatic rings. The molecule has 266 valence electrons. The van der Waals surface area contributed by atoms with Crippen LogP contribution in [0.25, 0.3) is 110 Å². The van der Waals surface area contributed by atoms with Gasteiger partial charge in [0.1, 0.15) is 11.2 Å². The lowest BCUT2D eigenvalue weighted by Gasteiger charge is -2.10. The molecule has 0 amide bonds. The van der Waals surface area contributed by atoms with Crippen molar-refractivity contribution in [1.29, 1.82) is 0 Å². The van der Waals surface area contributed by atoms with Crippen molar-refractivity contribution < 1.29 is 4.42 Å². The van der Waals surface area contributed by atoms with E-state index in [9.17, 15) is 0 Å². The van der Waals surface area contributed by atoms with Gasteiger partial charge in [0, 0.05) is 43.7 Å². The molecule has 0 aliphatic carbocycles. The van der Waals surface area contributed by atoms with Crippen molar-refractivity contribution in [2.75, 3.05) is 0 Å². The maximum atomic E-state index is 6.30. The second kappa shape index (κ2) is 12.5. The van der Waals surface area contributed by atoms with Crippen molar-refractivity contribution in [2.45, 2.75) is 0 Å². The van der Waals surface area contributed by atoms with Crippen molar-refractivity contribution in [3.8, 4) is 44.8 Å². The highest BCUT2D eigenvalue weighted by Gasteiger charge is 2.18. The Morgan fingerprint density at radius 3 is 1.46 bits per heavy atom. The Morgan fingerprint density at radius 1 is 0.281 bits per heavy atom. The molecule has 3 heterocycles. The summed E-state index contributed by atoms with van der Waals surface area (Å²) >= 11 is 0. The molecule has 0 aliphatic heterocycles. The average Bonchev–Trinajstić information content (AvgIpc) is 3.94. The molecule has 3 heteroatoms. The molecular formula is C54H34N2O. The van der Waals surface area contributed by atoms with E-state index in [-0.39, 0.29) is 0 Å². The number of rotatable bonds is 5.